The molecule has 0 bridgehead atoms. The molecule has 0 aliphatic rings. The third kappa shape index (κ3) is 2.22. The second-order valence-corrected chi connectivity index (χ2v) is 4.67. The van der Waals surface area contributed by atoms with Crippen LogP contribution in [0.25, 0.3) is 11.7 Å². The molecule has 0 amide bonds. The Morgan fingerprint density at radius 3 is 2.70 bits per heavy atom. The Morgan fingerprint density at radius 1 is 1.20 bits per heavy atom. The first-order chi connectivity index (χ1) is 9.65. The molecule has 0 saturated heterocycles. The van der Waals surface area contributed by atoms with E-state index < -0.39 is 0 Å². The van der Waals surface area contributed by atoms with Crippen LogP contribution in [0.3, 0.4) is 0 Å². The monoisotopic (exact) mass is 273 g/mol. The summed E-state index contributed by atoms with van der Waals surface area (Å²) in [5, 5.41) is 12.0. The van der Waals surface area contributed by atoms with Crippen LogP contribution in [0.1, 0.15) is 22.9 Å². The molecule has 0 atom stereocenters. The van der Waals surface area contributed by atoms with E-state index in [1.54, 1.807) is 6.20 Å². The fraction of sp³-hybridized carbons (Fsp3) is 0.385. The fourth-order valence-corrected chi connectivity index (χ4v) is 2.11. The maximum atomic E-state index is 5.63. The number of rotatable bonds is 4. The van der Waals surface area contributed by atoms with Crippen molar-refractivity contribution in [3.05, 3.63) is 35.3 Å². The van der Waals surface area contributed by atoms with Crippen molar-refractivity contribution in [2.75, 3.05) is 0 Å². The van der Waals surface area contributed by atoms with Crippen molar-refractivity contribution in [3.8, 4) is 11.7 Å². The molecule has 7 nitrogen and oxygen atoms in total. The first kappa shape index (κ1) is 12.6. The van der Waals surface area contributed by atoms with Gasteiger partial charge in [-0.2, -0.15) is 0 Å². The standard InChI is InChI=1S/C13H15N5O2/c1-8-10(9(2)20-17-8)4-5-11-15-16-13(19-11)12-14-6-7-18(12)3/h6-7H,4-5H2,1-3H3. The summed E-state index contributed by atoms with van der Waals surface area (Å²) in [5.41, 5.74) is 2.01. The van der Waals surface area contributed by atoms with E-state index in [2.05, 4.69) is 20.3 Å². The Kier molecular flexibility index (Phi) is 3.09. The molecule has 0 unspecified atom stereocenters. The van der Waals surface area contributed by atoms with E-state index in [-0.39, 0.29) is 0 Å². The molecule has 7 heteroatoms. The first-order valence-corrected chi connectivity index (χ1v) is 6.37. The Balaban J connectivity index is 1.74. The molecule has 0 radical (unpaired) electrons. The zero-order valence-electron chi connectivity index (χ0n) is 11.6. The molecule has 3 heterocycles. The van der Waals surface area contributed by atoms with Crippen LogP contribution in [0.15, 0.2) is 21.3 Å². The van der Waals surface area contributed by atoms with Gasteiger partial charge in [0.1, 0.15) is 5.76 Å². The van der Waals surface area contributed by atoms with Crippen LogP contribution in [-0.2, 0) is 19.9 Å². The van der Waals surface area contributed by atoms with Crippen molar-refractivity contribution >= 4 is 0 Å². The fourth-order valence-electron chi connectivity index (χ4n) is 2.11. The lowest BCUT2D eigenvalue weighted by Crippen LogP contribution is -1.94. The molecule has 20 heavy (non-hydrogen) atoms. The molecule has 0 aliphatic heterocycles. The number of aromatic nitrogens is 5. The second kappa shape index (κ2) is 4.92. The quantitative estimate of drug-likeness (QED) is 0.721. The van der Waals surface area contributed by atoms with Crippen LogP contribution in [0, 0.1) is 13.8 Å². The second-order valence-electron chi connectivity index (χ2n) is 4.67. The summed E-state index contributed by atoms with van der Waals surface area (Å²) in [7, 11) is 1.88. The van der Waals surface area contributed by atoms with Crippen LogP contribution in [0.4, 0.5) is 0 Å². The van der Waals surface area contributed by atoms with Gasteiger partial charge in [0.2, 0.25) is 5.89 Å². The van der Waals surface area contributed by atoms with E-state index >= 15 is 0 Å². The third-order valence-electron chi connectivity index (χ3n) is 3.25. The van der Waals surface area contributed by atoms with Crippen molar-refractivity contribution in [1.29, 1.82) is 0 Å². The predicted octanol–water partition coefficient (Wildman–Crippen LogP) is 1.86. The summed E-state index contributed by atoms with van der Waals surface area (Å²) in [6, 6.07) is 0. The van der Waals surface area contributed by atoms with Gasteiger partial charge in [-0.1, -0.05) is 5.16 Å². The van der Waals surface area contributed by atoms with Crippen LogP contribution in [0.2, 0.25) is 0 Å². The highest BCUT2D eigenvalue weighted by molar-refractivity contribution is 5.39. The summed E-state index contributed by atoms with van der Waals surface area (Å²) >= 11 is 0. The molecular weight excluding hydrogens is 258 g/mol. The lowest BCUT2D eigenvalue weighted by Gasteiger charge is -1.96. The zero-order valence-corrected chi connectivity index (χ0v) is 11.6. The molecule has 0 N–H and O–H groups in total. The molecule has 3 aromatic rings. The van der Waals surface area contributed by atoms with Crippen LogP contribution < -0.4 is 0 Å². The van der Waals surface area contributed by atoms with Gasteiger partial charge in [-0.15, -0.1) is 10.2 Å². The summed E-state index contributed by atoms with van der Waals surface area (Å²) in [6.07, 6.45) is 4.95. The van der Waals surface area contributed by atoms with Crippen molar-refractivity contribution < 1.29 is 8.94 Å². The number of nitrogens with zero attached hydrogens (tertiary/aromatic N) is 5. The minimum absolute atomic E-state index is 0.436. The number of hydrogen-bond donors (Lipinski definition) is 0. The molecule has 0 aromatic carbocycles. The summed E-state index contributed by atoms with van der Waals surface area (Å²) in [4.78, 5) is 4.18. The van der Waals surface area contributed by atoms with E-state index in [4.69, 9.17) is 8.94 Å². The van der Waals surface area contributed by atoms with E-state index in [0.29, 0.717) is 24.0 Å². The maximum absolute atomic E-state index is 5.63. The minimum atomic E-state index is 0.436. The van der Waals surface area contributed by atoms with Gasteiger partial charge < -0.3 is 13.5 Å². The van der Waals surface area contributed by atoms with Crippen molar-refractivity contribution in [2.24, 2.45) is 7.05 Å². The Morgan fingerprint density at radius 2 is 2.05 bits per heavy atom. The highest BCUT2D eigenvalue weighted by Crippen LogP contribution is 2.18. The molecule has 0 aliphatic carbocycles. The molecule has 104 valence electrons. The first-order valence-electron chi connectivity index (χ1n) is 6.37. The van der Waals surface area contributed by atoms with Crippen molar-refractivity contribution in [1.82, 2.24) is 24.9 Å². The highest BCUT2D eigenvalue weighted by atomic mass is 16.5. The molecule has 0 spiro atoms. The van der Waals surface area contributed by atoms with Crippen LogP contribution in [-0.4, -0.2) is 24.9 Å². The lowest BCUT2D eigenvalue weighted by atomic mass is 10.1. The van der Waals surface area contributed by atoms with Crippen LogP contribution in [0.5, 0.6) is 0 Å². The van der Waals surface area contributed by atoms with Crippen LogP contribution >= 0.6 is 0 Å². The normalized spacial score (nSPS) is 11.2. The van der Waals surface area contributed by atoms with Gasteiger partial charge in [0.05, 0.1) is 5.69 Å². The lowest BCUT2D eigenvalue weighted by molar-refractivity contribution is 0.392. The maximum Gasteiger partial charge on any atom is 0.283 e. The third-order valence-corrected chi connectivity index (χ3v) is 3.25. The average Bonchev–Trinajstić information content (AvgIpc) is 3.10. The van der Waals surface area contributed by atoms with Gasteiger partial charge >= 0.3 is 0 Å². The smallest absolute Gasteiger partial charge is 0.283 e. The SMILES string of the molecule is Cc1noc(C)c1CCc1nnc(-c2nccn2C)o1. The topological polar surface area (TPSA) is 82.8 Å². The Bertz CT molecular complexity index is 705. The molecule has 3 rings (SSSR count). The number of hydrogen-bond acceptors (Lipinski definition) is 6. The number of aryl methyl sites for hydroxylation is 4. The molecular formula is C13H15N5O2. The Hall–Kier alpha value is -2.44. The summed E-state index contributed by atoms with van der Waals surface area (Å²) < 4.78 is 12.6. The molecule has 0 fully saturated rings. The summed E-state index contributed by atoms with van der Waals surface area (Å²) in [6.45, 7) is 3.83. The molecule has 0 saturated carbocycles. The van der Waals surface area contributed by atoms with Gasteiger partial charge in [0.25, 0.3) is 5.89 Å². The largest absolute Gasteiger partial charge is 0.418 e. The van der Waals surface area contributed by atoms with E-state index in [9.17, 15) is 0 Å². The van der Waals surface area contributed by atoms with Crippen molar-refractivity contribution in [3.63, 3.8) is 0 Å². The Labute approximate surface area is 115 Å². The van der Waals surface area contributed by atoms with E-state index in [1.165, 1.54) is 0 Å². The van der Waals surface area contributed by atoms with Gasteiger partial charge in [-0.3, -0.25) is 0 Å². The predicted molar refractivity (Wildman–Crippen MR) is 69.9 cm³/mol. The average molecular weight is 273 g/mol. The minimum Gasteiger partial charge on any atom is -0.418 e. The van der Waals surface area contributed by atoms with E-state index in [0.717, 1.165) is 23.4 Å². The van der Waals surface area contributed by atoms with Gasteiger partial charge in [0, 0.05) is 31.4 Å². The highest BCUT2D eigenvalue weighted by Gasteiger charge is 2.14. The molecule has 3 aromatic heterocycles. The zero-order chi connectivity index (χ0) is 14.1. The van der Waals surface area contributed by atoms with E-state index in [1.807, 2.05) is 31.7 Å². The summed E-state index contributed by atoms with van der Waals surface area (Å²) in [5.74, 6) is 2.53. The number of imidazole rings is 1. The van der Waals surface area contributed by atoms with Gasteiger partial charge in [-0.05, 0) is 20.3 Å². The van der Waals surface area contributed by atoms with Gasteiger partial charge in [-0.25, -0.2) is 4.98 Å². The van der Waals surface area contributed by atoms with Gasteiger partial charge in [0.15, 0.2) is 5.82 Å². The van der Waals surface area contributed by atoms with Crippen molar-refractivity contribution in [2.45, 2.75) is 26.7 Å².